The first-order chi connectivity index (χ1) is 14.7. The number of methoxy groups -OCH3 is 2. The summed E-state index contributed by atoms with van der Waals surface area (Å²) in [6, 6.07) is 14.8. The summed E-state index contributed by atoms with van der Waals surface area (Å²) in [6.07, 6.45) is 0. The topological polar surface area (TPSA) is 106 Å². The van der Waals surface area contributed by atoms with Crippen molar-refractivity contribution in [2.24, 2.45) is 0 Å². The van der Waals surface area contributed by atoms with E-state index in [1.165, 1.54) is 11.8 Å². The number of hydrogen-bond acceptors (Lipinski definition) is 10. The van der Waals surface area contributed by atoms with Gasteiger partial charge < -0.3 is 23.0 Å². The molecule has 0 fully saturated rings. The minimum absolute atomic E-state index is 0.133. The van der Waals surface area contributed by atoms with Crippen molar-refractivity contribution in [2.75, 3.05) is 14.2 Å². The molecule has 30 heavy (non-hydrogen) atoms. The second-order valence-corrected chi connectivity index (χ2v) is 6.85. The average Bonchev–Trinajstić information content (AvgIpc) is 3.46. The van der Waals surface area contributed by atoms with Crippen LogP contribution in [0.2, 0.25) is 0 Å². The molecule has 4 aromatic rings. The van der Waals surface area contributed by atoms with Gasteiger partial charge in [-0.05, 0) is 30.3 Å². The van der Waals surface area contributed by atoms with Crippen molar-refractivity contribution in [1.82, 2.24) is 20.4 Å². The van der Waals surface area contributed by atoms with Crippen LogP contribution in [0.5, 0.6) is 17.2 Å². The van der Waals surface area contributed by atoms with Gasteiger partial charge >= 0.3 is 0 Å². The van der Waals surface area contributed by atoms with Crippen LogP contribution in [-0.2, 0) is 12.4 Å². The van der Waals surface area contributed by atoms with Crippen molar-refractivity contribution in [2.45, 2.75) is 17.6 Å². The van der Waals surface area contributed by atoms with E-state index in [0.29, 0.717) is 40.1 Å². The number of para-hydroxylation sites is 2. The second kappa shape index (κ2) is 9.31. The Morgan fingerprint density at radius 3 is 2.50 bits per heavy atom. The van der Waals surface area contributed by atoms with Crippen LogP contribution < -0.4 is 14.2 Å². The van der Waals surface area contributed by atoms with Crippen LogP contribution >= 0.6 is 11.8 Å². The Morgan fingerprint density at radius 1 is 0.833 bits per heavy atom. The van der Waals surface area contributed by atoms with Gasteiger partial charge in [0.1, 0.15) is 5.75 Å². The Kier molecular flexibility index (Phi) is 6.14. The molecule has 0 N–H and O–H groups in total. The minimum atomic E-state index is 0.133. The monoisotopic (exact) mass is 426 g/mol. The molecule has 0 saturated carbocycles. The zero-order chi connectivity index (χ0) is 20.8. The molecule has 0 radical (unpaired) electrons. The average molecular weight is 426 g/mol. The van der Waals surface area contributed by atoms with Gasteiger partial charge in [-0.3, -0.25) is 0 Å². The summed E-state index contributed by atoms with van der Waals surface area (Å²) >= 11 is 1.30. The van der Waals surface area contributed by atoms with E-state index in [0.717, 1.165) is 11.3 Å². The van der Waals surface area contributed by atoms with E-state index in [-0.39, 0.29) is 6.61 Å². The van der Waals surface area contributed by atoms with E-state index < -0.39 is 0 Å². The summed E-state index contributed by atoms with van der Waals surface area (Å²) in [5.41, 5.74) is 0.784. The lowest BCUT2D eigenvalue weighted by Crippen LogP contribution is -1.97. The molecule has 0 saturated heterocycles. The van der Waals surface area contributed by atoms with Crippen LogP contribution in [-0.4, -0.2) is 34.6 Å². The van der Waals surface area contributed by atoms with Gasteiger partial charge in [-0.25, -0.2) is 0 Å². The number of rotatable bonds is 9. The van der Waals surface area contributed by atoms with E-state index in [1.54, 1.807) is 20.3 Å². The number of ether oxygens (including phenoxy) is 3. The largest absolute Gasteiger partial charge is 0.497 e. The molecule has 9 nitrogen and oxygen atoms in total. The number of benzene rings is 2. The smallest absolute Gasteiger partial charge is 0.277 e. The second-order valence-electron chi connectivity index (χ2n) is 5.92. The summed E-state index contributed by atoms with van der Waals surface area (Å²) in [4.78, 5) is 0. The summed E-state index contributed by atoms with van der Waals surface area (Å²) < 4.78 is 27.4. The maximum Gasteiger partial charge on any atom is 0.277 e. The SMILES string of the molecule is COc1cccc(-c2nnc(CSc3nnc(COc4ccccc4OC)o3)o2)c1. The summed E-state index contributed by atoms with van der Waals surface area (Å²) in [7, 11) is 3.19. The van der Waals surface area contributed by atoms with Gasteiger partial charge in [0, 0.05) is 5.56 Å². The van der Waals surface area contributed by atoms with Gasteiger partial charge in [0.05, 0.1) is 20.0 Å². The first-order valence-electron chi connectivity index (χ1n) is 8.93. The Morgan fingerprint density at radius 2 is 1.67 bits per heavy atom. The molecule has 4 rings (SSSR count). The zero-order valence-corrected chi connectivity index (χ0v) is 17.1. The van der Waals surface area contributed by atoms with Gasteiger partial charge in [0.2, 0.25) is 11.8 Å². The number of hydrogen-bond donors (Lipinski definition) is 0. The van der Waals surface area contributed by atoms with E-state index in [2.05, 4.69) is 20.4 Å². The lowest BCUT2D eigenvalue weighted by molar-refractivity contribution is 0.241. The van der Waals surface area contributed by atoms with Crippen molar-refractivity contribution in [3.05, 3.63) is 60.3 Å². The highest BCUT2D eigenvalue weighted by atomic mass is 32.2. The van der Waals surface area contributed by atoms with Gasteiger partial charge in [-0.2, -0.15) is 0 Å². The fourth-order valence-corrected chi connectivity index (χ4v) is 3.16. The molecule has 0 unspecified atom stereocenters. The van der Waals surface area contributed by atoms with Gasteiger partial charge in [-0.1, -0.05) is 30.0 Å². The normalized spacial score (nSPS) is 10.7. The molecular formula is C20H18N4O5S. The third-order valence-corrected chi connectivity index (χ3v) is 4.77. The van der Waals surface area contributed by atoms with Crippen LogP contribution in [0.15, 0.2) is 62.6 Å². The van der Waals surface area contributed by atoms with Crippen molar-refractivity contribution in [3.63, 3.8) is 0 Å². The molecule has 2 aromatic carbocycles. The molecule has 0 atom stereocenters. The fourth-order valence-electron chi connectivity index (χ4n) is 2.54. The molecule has 0 spiro atoms. The Hall–Kier alpha value is -3.53. The highest BCUT2D eigenvalue weighted by Gasteiger charge is 2.13. The highest BCUT2D eigenvalue weighted by Crippen LogP contribution is 2.28. The predicted molar refractivity (Wildman–Crippen MR) is 107 cm³/mol. The molecular weight excluding hydrogens is 408 g/mol. The third kappa shape index (κ3) is 4.71. The lowest BCUT2D eigenvalue weighted by Gasteiger charge is -2.07. The lowest BCUT2D eigenvalue weighted by atomic mass is 10.2. The van der Waals surface area contributed by atoms with Crippen LogP contribution in [0.3, 0.4) is 0 Å². The number of thioether (sulfide) groups is 1. The van der Waals surface area contributed by atoms with Crippen molar-refractivity contribution >= 4 is 11.8 Å². The van der Waals surface area contributed by atoms with Crippen molar-refractivity contribution in [3.8, 4) is 28.7 Å². The Bertz CT molecular complexity index is 1110. The summed E-state index contributed by atoms with van der Waals surface area (Å²) in [6.45, 7) is 0.133. The molecule has 0 aliphatic heterocycles. The zero-order valence-electron chi connectivity index (χ0n) is 16.3. The first-order valence-corrected chi connectivity index (χ1v) is 9.91. The molecule has 154 valence electrons. The molecule has 2 aromatic heterocycles. The summed E-state index contributed by atoms with van der Waals surface area (Å²) in [5, 5.41) is 16.5. The molecule has 0 aliphatic carbocycles. The van der Waals surface area contributed by atoms with E-state index in [1.807, 2.05) is 42.5 Å². The van der Waals surface area contributed by atoms with Gasteiger partial charge in [-0.15, -0.1) is 20.4 Å². The Balaban J connectivity index is 1.33. The summed E-state index contributed by atoms with van der Waals surface area (Å²) in [5.74, 6) is 3.56. The van der Waals surface area contributed by atoms with Crippen LogP contribution in [0.1, 0.15) is 11.8 Å². The quantitative estimate of drug-likeness (QED) is 0.364. The van der Waals surface area contributed by atoms with E-state index in [9.17, 15) is 0 Å². The third-order valence-electron chi connectivity index (χ3n) is 3.97. The molecule has 0 bridgehead atoms. The molecule has 2 heterocycles. The van der Waals surface area contributed by atoms with Crippen molar-refractivity contribution < 1.29 is 23.0 Å². The number of nitrogens with zero attached hydrogens (tertiary/aromatic N) is 4. The van der Waals surface area contributed by atoms with Gasteiger partial charge in [0.15, 0.2) is 18.1 Å². The number of aromatic nitrogens is 4. The Labute approximate surface area is 176 Å². The standard InChI is InChI=1S/C20H18N4O5S/c1-25-14-7-5-6-13(10-14)19-23-22-18(28-19)12-30-20-24-21-17(29-20)11-27-16-9-4-3-8-15(16)26-2/h3-10H,11-12H2,1-2H3. The first kappa shape index (κ1) is 19.8. The molecule has 0 aliphatic rings. The van der Waals surface area contributed by atoms with Crippen LogP contribution in [0, 0.1) is 0 Å². The fraction of sp³-hybridized carbons (Fsp3) is 0.200. The van der Waals surface area contributed by atoms with Crippen LogP contribution in [0.4, 0.5) is 0 Å². The molecule has 0 amide bonds. The van der Waals surface area contributed by atoms with Gasteiger partial charge in [0.25, 0.3) is 11.1 Å². The van der Waals surface area contributed by atoms with Crippen LogP contribution in [0.25, 0.3) is 11.5 Å². The minimum Gasteiger partial charge on any atom is -0.497 e. The van der Waals surface area contributed by atoms with E-state index >= 15 is 0 Å². The maximum absolute atomic E-state index is 5.70. The molecule has 10 heteroatoms. The highest BCUT2D eigenvalue weighted by molar-refractivity contribution is 7.98. The van der Waals surface area contributed by atoms with E-state index in [4.69, 9.17) is 23.0 Å². The van der Waals surface area contributed by atoms with Crippen molar-refractivity contribution in [1.29, 1.82) is 0 Å². The maximum atomic E-state index is 5.70. The predicted octanol–water partition coefficient (Wildman–Crippen LogP) is 4.01.